The maximum absolute atomic E-state index is 10.6. The number of hydrogen-bond donors (Lipinski definition) is 2. The van der Waals surface area contributed by atoms with Crippen LogP contribution in [0.1, 0.15) is 0 Å². The minimum Gasteiger partial charge on any atom is -0.475 e. The molecule has 21 heavy (non-hydrogen) atoms. The van der Waals surface area contributed by atoms with Crippen molar-refractivity contribution >= 4 is 25.4 Å². The Kier molecular flexibility index (Phi) is 12.4. The normalized spacial score (nSPS) is 9.81. The molecule has 4 nitrogen and oxygen atoms in total. The summed E-state index contributed by atoms with van der Waals surface area (Å²) in [5, 5.41) is 14.2. The Morgan fingerprint density at radius 2 is 0.714 bits per heavy atom. The molecule has 0 radical (unpaired) electrons. The van der Waals surface area contributed by atoms with Crippen molar-refractivity contribution in [2.24, 2.45) is 0 Å². The van der Waals surface area contributed by atoms with Gasteiger partial charge in [-0.3, -0.25) is 0 Å². The molecule has 0 aromatic heterocycles. The highest BCUT2D eigenvalue weighted by Crippen LogP contribution is 2.13. The number of aliphatic carboxylic acids is 2. The molecule has 1 aromatic rings. The molecule has 0 heterocycles. The highest BCUT2D eigenvalue weighted by Gasteiger charge is 2.38. The summed E-state index contributed by atoms with van der Waals surface area (Å²) in [5.41, 5.74) is 0. The summed E-state index contributed by atoms with van der Waals surface area (Å²) in [6.07, 6.45) is -10.2. The highest BCUT2D eigenvalue weighted by molar-refractivity contribution is 7.59. The van der Waals surface area contributed by atoms with Crippen molar-refractivity contribution in [1.82, 2.24) is 0 Å². The predicted octanol–water partition coefficient (Wildman–Crippen LogP) is 3.07. The second-order valence-corrected chi connectivity index (χ2v) is 2.76. The summed E-state index contributed by atoms with van der Waals surface area (Å²) in [7, 11) is 0. The van der Waals surface area contributed by atoms with Crippen molar-refractivity contribution in [3.63, 3.8) is 0 Å². The molecule has 122 valence electrons. The smallest absolute Gasteiger partial charge is 0.475 e. The van der Waals surface area contributed by atoms with Crippen LogP contribution in [0, 0.1) is 0 Å². The lowest BCUT2D eigenvalue weighted by molar-refractivity contribution is -0.193. The van der Waals surface area contributed by atoms with E-state index in [9.17, 15) is 26.3 Å². The lowest BCUT2D eigenvalue weighted by Gasteiger charge is -1.93. The van der Waals surface area contributed by atoms with E-state index < -0.39 is 24.3 Å². The number of halogens is 6. The first-order valence-electron chi connectivity index (χ1n) is 4.49. The standard InChI is InChI=1S/C6H6.2C2HF3O2.H2S/c1-2-4-6-5-3-1;2*3-2(4,5)1(6)7;/h1-6H;2*(H,6,7);1H2. The van der Waals surface area contributed by atoms with Gasteiger partial charge in [0.05, 0.1) is 0 Å². The highest BCUT2D eigenvalue weighted by atomic mass is 32.1. The van der Waals surface area contributed by atoms with Crippen LogP contribution in [0.15, 0.2) is 36.4 Å². The van der Waals surface area contributed by atoms with Gasteiger partial charge < -0.3 is 10.2 Å². The van der Waals surface area contributed by atoms with E-state index in [1.807, 2.05) is 36.4 Å². The second-order valence-electron chi connectivity index (χ2n) is 2.76. The van der Waals surface area contributed by atoms with Crippen molar-refractivity contribution in [2.75, 3.05) is 0 Å². The molecule has 0 bridgehead atoms. The zero-order chi connectivity index (χ0) is 16.4. The van der Waals surface area contributed by atoms with Crippen LogP contribution >= 0.6 is 13.5 Å². The quantitative estimate of drug-likeness (QED) is 0.712. The fourth-order valence-corrected chi connectivity index (χ4v) is 0.385. The lowest BCUT2D eigenvalue weighted by atomic mass is 10.4. The Labute approximate surface area is 121 Å². The molecule has 0 spiro atoms. The van der Waals surface area contributed by atoms with Crippen LogP contribution in [0.3, 0.4) is 0 Å². The number of carbonyl (C=O) groups is 2. The van der Waals surface area contributed by atoms with E-state index in [1.54, 1.807) is 0 Å². The fourth-order valence-electron chi connectivity index (χ4n) is 0.385. The van der Waals surface area contributed by atoms with Crippen molar-refractivity contribution in [3.05, 3.63) is 36.4 Å². The van der Waals surface area contributed by atoms with Gasteiger partial charge in [-0.15, -0.1) is 0 Å². The van der Waals surface area contributed by atoms with Crippen LogP contribution in [0.25, 0.3) is 0 Å². The zero-order valence-corrected chi connectivity index (χ0v) is 10.9. The first kappa shape index (κ1) is 24.1. The Morgan fingerprint density at radius 1 is 0.619 bits per heavy atom. The number of hydrogen-bond acceptors (Lipinski definition) is 2. The third-order valence-corrected chi connectivity index (χ3v) is 1.15. The summed E-state index contributed by atoms with van der Waals surface area (Å²) in [6.45, 7) is 0. The molecule has 0 aliphatic heterocycles. The van der Waals surface area contributed by atoms with E-state index in [0.717, 1.165) is 0 Å². The van der Waals surface area contributed by atoms with Gasteiger partial charge in [0.2, 0.25) is 0 Å². The molecule has 11 heteroatoms. The zero-order valence-electron chi connectivity index (χ0n) is 9.94. The number of carboxylic acid groups (broad SMARTS) is 2. The number of benzene rings is 1. The molecule has 1 aromatic carbocycles. The first-order chi connectivity index (χ1) is 8.89. The Balaban J connectivity index is -0.000000226. The Hall–Kier alpha value is -1.91. The van der Waals surface area contributed by atoms with Crippen molar-refractivity contribution in [2.45, 2.75) is 12.4 Å². The van der Waals surface area contributed by atoms with Crippen LogP contribution in [0.4, 0.5) is 26.3 Å². The molecule has 0 amide bonds. The second kappa shape index (κ2) is 10.8. The maximum Gasteiger partial charge on any atom is 0.490 e. The molecule has 0 atom stereocenters. The van der Waals surface area contributed by atoms with Gasteiger partial charge in [0, 0.05) is 0 Å². The molecule has 1 rings (SSSR count). The minimum absolute atomic E-state index is 0. The molecule has 0 unspecified atom stereocenters. The first-order valence-corrected chi connectivity index (χ1v) is 4.49. The molecule has 0 saturated heterocycles. The largest absolute Gasteiger partial charge is 0.490 e. The van der Waals surface area contributed by atoms with Gasteiger partial charge in [-0.1, -0.05) is 36.4 Å². The van der Waals surface area contributed by atoms with E-state index >= 15 is 0 Å². The van der Waals surface area contributed by atoms with Gasteiger partial charge in [0.1, 0.15) is 0 Å². The summed E-state index contributed by atoms with van der Waals surface area (Å²) in [6, 6.07) is 12.0. The number of carboxylic acids is 2. The Bertz CT molecular complexity index is 354. The van der Waals surface area contributed by atoms with E-state index in [4.69, 9.17) is 19.8 Å². The molecule has 0 fully saturated rings. The van der Waals surface area contributed by atoms with E-state index in [2.05, 4.69) is 0 Å². The van der Waals surface area contributed by atoms with E-state index in [0.29, 0.717) is 0 Å². The molecule has 0 aliphatic rings. The van der Waals surface area contributed by atoms with E-state index in [-0.39, 0.29) is 13.5 Å². The van der Waals surface area contributed by atoms with Crippen molar-refractivity contribution in [3.8, 4) is 0 Å². The fraction of sp³-hybridized carbons (Fsp3) is 0.200. The summed E-state index contributed by atoms with van der Waals surface area (Å²) in [4.78, 5) is 17.8. The lowest BCUT2D eigenvalue weighted by Crippen LogP contribution is -2.21. The number of rotatable bonds is 0. The third kappa shape index (κ3) is 18.1. The average molecular weight is 340 g/mol. The van der Waals surface area contributed by atoms with Crippen LogP contribution < -0.4 is 0 Å². The molecule has 0 saturated carbocycles. The summed E-state index contributed by atoms with van der Waals surface area (Å²) < 4.78 is 63.5. The van der Waals surface area contributed by atoms with Crippen molar-refractivity contribution < 1.29 is 46.1 Å². The predicted molar refractivity (Wildman–Crippen MR) is 64.2 cm³/mol. The molecular formula is C10H10F6O4S. The average Bonchev–Trinajstić information content (AvgIpc) is 2.30. The molecular weight excluding hydrogens is 330 g/mol. The number of alkyl halides is 6. The van der Waals surface area contributed by atoms with Gasteiger partial charge in [-0.25, -0.2) is 9.59 Å². The van der Waals surface area contributed by atoms with E-state index in [1.165, 1.54) is 0 Å². The summed E-state index contributed by atoms with van der Waals surface area (Å²) in [5.74, 6) is -5.51. The minimum atomic E-state index is -5.08. The van der Waals surface area contributed by atoms with Gasteiger partial charge in [0.15, 0.2) is 0 Å². The van der Waals surface area contributed by atoms with Crippen LogP contribution in [0.5, 0.6) is 0 Å². The summed E-state index contributed by atoms with van der Waals surface area (Å²) >= 11 is 0. The van der Waals surface area contributed by atoms with Gasteiger partial charge in [-0.05, 0) is 0 Å². The topological polar surface area (TPSA) is 74.6 Å². The van der Waals surface area contributed by atoms with Crippen LogP contribution in [-0.2, 0) is 9.59 Å². The van der Waals surface area contributed by atoms with Gasteiger partial charge in [0.25, 0.3) is 0 Å². The van der Waals surface area contributed by atoms with Crippen LogP contribution in [-0.4, -0.2) is 34.5 Å². The van der Waals surface area contributed by atoms with Gasteiger partial charge in [-0.2, -0.15) is 39.8 Å². The van der Waals surface area contributed by atoms with Gasteiger partial charge >= 0.3 is 24.3 Å². The van der Waals surface area contributed by atoms with Crippen LogP contribution in [0.2, 0.25) is 0 Å². The monoisotopic (exact) mass is 340 g/mol. The Morgan fingerprint density at radius 3 is 0.762 bits per heavy atom. The third-order valence-electron chi connectivity index (χ3n) is 1.15. The molecule has 0 aliphatic carbocycles. The maximum atomic E-state index is 10.6. The van der Waals surface area contributed by atoms with Crippen molar-refractivity contribution in [1.29, 1.82) is 0 Å². The molecule has 2 N–H and O–H groups in total. The SMILES string of the molecule is O=C(O)C(F)(F)F.O=C(O)C(F)(F)F.S.c1ccccc1.